The third-order valence-electron chi connectivity index (χ3n) is 1.86. The Morgan fingerprint density at radius 2 is 2.14 bits per heavy atom. The quantitative estimate of drug-likeness (QED) is 0.507. The molecule has 0 aromatic carbocycles. The van der Waals surface area contributed by atoms with E-state index < -0.39 is 0 Å². The molecule has 4 nitrogen and oxygen atoms in total. The molecule has 0 spiro atoms. The van der Waals surface area contributed by atoms with E-state index in [9.17, 15) is 5.11 Å². The SMILES string of the molecule is CCOCCCNCCC(O)COC. The molecule has 0 saturated carbocycles. The summed E-state index contributed by atoms with van der Waals surface area (Å²) in [6.45, 7) is 5.78. The predicted molar refractivity (Wildman–Crippen MR) is 56.5 cm³/mol. The van der Waals surface area contributed by atoms with Gasteiger partial charge in [-0.25, -0.2) is 0 Å². The van der Waals surface area contributed by atoms with Crippen LogP contribution in [0.3, 0.4) is 0 Å². The van der Waals surface area contributed by atoms with E-state index in [4.69, 9.17) is 9.47 Å². The van der Waals surface area contributed by atoms with Gasteiger partial charge < -0.3 is 19.9 Å². The van der Waals surface area contributed by atoms with Gasteiger partial charge in [0.25, 0.3) is 0 Å². The zero-order chi connectivity index (χ0) is 10.6. The number of hydrogen-bond donors (Lipinski definition) is 2. The summed E-state index contributed by atoms with van der Waals surface area (Å²) in [6, 6.07) is 0. The Labute approximate surface area is 86.6 Å². The molecule has 0 fully saturated rings. The summed E-state index contributed by atoms with van der Waals surface area (Å²) in [7, 11) is 1.60. The van der Waals surface area contributed by atoms with Crippen LogP contribution in [0.4, 0.5) is 0 Å². The second kappa shape index (κ2) is 10.9. The van der Waals surface area contributed by atoms with E-state index in [1.165, 1.54) is 0 Å². The van der Waals surface area contributed by atoms with E-state index in [2.05, 4.69) is 5.32 Å². The van der Waals surface area contributed by atoms with Gasteiger partial charge in [0.2, 0.25) is 0 Å². The van der Waals surface area contributed by atoms with Crippen LogP contribution in [-0.2, 0) is 9.47 Å². The molecule has 0 aromatic rings. The van der Waals surface area contributed by atoms with Crippen LogP contribution in [0.5, 0.6) is 0 Å². The third-order valence-corrected chi connectivity index (χ3v) is 1.86. The maximum Gasteiger partial charge on any atom is 0.0785 e. The minimum Gasteiger partial charge on any atom is -0.391 e. The molecule has 0 aliphatic carbocycles. The molecule has 0 heterocycles. The van der Waals surface area contributed by atoms with E-state index in [1.54, 1.807) is 7.11 Å². The zero-order valence-corrected chi connectivity index (χ0v) is 9.29. The Bertz CT molecular complexity index is 112. The second-order valence-electron chi connectivity index (χ2n) is 3.20. The van der Waals surface area contributed by atoms with Crippen molar-refractivity contribution in [1.82, 2.24) is 5.32 Å². The first-order valence-corrected chi connectivity index (χ1v) is 5.26. The second-order valence-corrected chi connectivity index (χ2v) is 3.20. The number of aliphatic hydroxyl groups is 1. The highest BCUT2D eigenvalue weighted by Crippen LogP contribution is 1.90. The van der Waals surface area contributed by atoms with Gasteiger partial charge in [-0.2, -0.15) is 0 Å². The predicted octanol–water partition coefficient (Wildman–Crippen LogP) is 0.400. The maximum absolute atomic E-state index is 9.30. The fraction of sp³-hybridized carbons (Fsp3) is 1.00. The summed E-state index contributed by atoms with van der Waals surface area (Å²) in [5.41, 5.74) is 0. The molecule has 1 atom stereocenters. The number of nitrogens with one attached hydrogen (secondary N) is 1. The molecule has 0 aliphatic heterocycles. The molecule has 0 aliphatic rings. The molecule has 0 radical (unpaired) electrons. The first kappa shape index (κ1) is 13.8. The minimum absolute atomic E-state index is 0.348. The smallest absolute Gasteiger partial charge is 0.0785 e. The lowest BCUT2D eigenvalue weighted by Gasteiger charge is -2.09. The maximum atomic E-state index is 9.30. The molecule has 0 saturated heterocycles. The average Bonchev–Trinajstić information content (AvgIpc) is 2.17. The number of hydrogen-bond acceptors (Lipinski definition) is 4. The summed E-state index contributed by atoms with van der Waals surface area (Å²) in [4.78, 5) is 0. The molecule has 1 unspecified atom stereocenters. The van der Waals surface area contributed by atoms with E-state index in [-0.39, 0.29) is 6.10 Å². The Morgan fingerprint density at radius 3 is 2.79 bits per heavy atom. The van der Waals surface area contributed by atoms with E-state index in [0.29, 0.717) is 6.61 Å². The van der Waals surface area contributed by atoms with Gasteiger partial charge in [0.15, 0.2) is 0 Å². The summed E-state index contributed by atoms with van der Waals surface area (Å²) in [5, 5.41) is 12.5. The van der Waals surface area contributed by atoms with Gasteiger partial charge in [-0.1, -0.05) is 0 Å². The van der Waals surface area contributed by atoms with Gasteiger partial charge >= 0.3 is 0 Å². The number of methoxy groups -OCH3 is 1. The number of rotatable bonds is 10. The van der Waals surface area contributed by atoms with Crippen molar-refractivity contribution in [1.29, 1.82) is 0 Å². The van der Waals surface area contributed by atoms with Crippen molar-refractivity contribution in [3.63, 3.8) is 0 Å². The van der Waals surface area contributed by atoms with Gasteiger partial charge in [-0.05, 0) is 32.9 Å². The molecular formula is C10H23NO3. The van der Waals surface area contributed by atoms with Crippen LogP contribution in [0.25, 0.3) is 0 Å². The molecule has 0 amide bonds. The van der Waals surface area contributed by atoms with Crippen LogP contribution in [-0.4, -0.2) is 51.2 Å². The van der Waals surface area contributed by atoms with Crippen molar-refractivity contribution in [3.05, 3.63) is 0 Å². The van der Waals surface area contributed by atoms with Crippen molar-refractivity contribution in [2.24, 2.45) is 0 Å². The summed E-state index contributed by atoms with van der Waals surface area (Å²) < 4.78 is 10.0. The van der Waals surface area contributed by atoms with Crippen LogP contribution in [0.1, 0.15) is 19.8 Å². The first-order chi connectivity index (χ1) is 6.81. The molecule has 86 valence electrons. The lowest BCUT2D eigenvalue weighted by atomic mass is 10.2. The fourth-order valence-corrected chi connectivity index (χ4v) is 1.11. The van der Waals surface area contributed by atoms with Crippen molar-refractivity contribution in [3.8, 4) is 0 Å². The molecule has 4 heteroatoms. The van der Waals surface area contributed by atoms with E-state index in [0.717, 1.165) is 39.1 Å². The molecule has 0 aromatic heterocycles. The summed E-state index contributed by atoms with van der Waals surface area (Å²) in [6.07, 6.45) is 1.41. The van der Waals surface area contributed by atoms with Gasteiger partial charge in [-0.15, -0.1) is 0 Å². The van der Waals surface area contributed by atoms with E-state index >= 15 is 0 Å². The van der Waals surface area contributed by atoms with Crippen molar-refractivity contribution < 1.29 is 14.6 Å². The Balaban J connectivity index is 2.98. The van der Waals surface area contributed by atoms with Crippen molar-refractivity contribution >= 4 is 0 Å². The van der Waals surface area contributed by atoms with Crippen molar-refractivity contribution in [2.75, 3.05) is 40.0 Å². The largest absolute Gasteiger partial charge is 0.391 e. The van der Waals surface area contributed by atoms with Crippen LogP contribution in [0, 0.1) is 0 Å². The Morgan fingerprint density at radius 1 is 1.36 bits per heavy atom. The fourth-order valence-electron chi connectivity index (χ4n) is 1.11. The lowest BCUT2D eigenvalue weighted by molar-refractivity contribution is 0.0593. The molecule has 2 N–H and O–H groups in total. The molecule has 0 bridgehead atoms. The molecule has 14 heavy (non-hydrogen) atoms. The zero-order valence-electron chi connectivity index (χ0n) is 9.29. The van der Waals surface area contributed by atoms with Crippen LogP contribution < -0.4 is 5.32 Å². The van der Waals surface area contributed by atoms with Crippen molar-refractivity contribution in [2.45, 2.75) is 25.9 Å². The van der Waals surface area contributed by atoms with Gasteiger partial charge in [0, 0.05) is 20.3 Å². The Kier molecular flexibility index (Phi) is 10.8. The standard InChI is InChI=1S/C10H23NO3/c1-3-14-8-4-6-11-7-5-10(12)9-13-2/h10-12H,3-9H2,1-2H3. The first-order valence-electron chi connectivity index (χ1n) is 5.26. The summed E-state index contributed by atoms with van der Waals surface area (Å²) >= 11 is 0. The average molecular weight is 205 g/mol. The third kappa shape index (κ3) is 9.92. The van der Waals surface area contributed by atoms with Gasteiger partial charge in [0.05, 0.1) is 12.7 Å². The lowest BCUT2D eigenvalue weighted by Crippen LogP contribution is -2.24. The normalized spacial score (nSPS) is 13.1. The van der Waals surface area contributed by atoms with Crippen LogP contribution in [0.15, 0.2) is 0 Å². The minimum atomic E-state index is -0.348. The highest BCUT2D eigenvalue weighted by molar-refractivity contribution is 4.56. The van der Waals surface area contributed by atoms with Gasteiger partial charge in [-0.3, -0.25) is 0 Å². The molecular weight excluding hydrogens is 182 g/mol. The van der Waals surface area contributed by atoms with E-state index in [1.807, 2.05) is 6.92 Å². The van der Waals surface area contributed by atoms with Crippen LogP contribution >= 0.6 is 0 Å². The highest BCUT2D eigenvalue weighted by Gasteiger charge is 2.01. The van der Waals surface area contributed by atoms with Crippen LogP contribution in [0.2, 0.25) is 0 Å². The topological polar surface area (TPSA) is 50.7 Å². The Hall–Kier alpha value is -0.160. The highest BCUT2D eigenvalue weighted by atomic mass is 16.5. The molecule has 0 rings (SSSR count). The summed E-state index contributed by atoms with van der Waals surface area (Å²) in [5.74, 6) is 0. The number of ether oxygens (including phenoxy) is 2. The van der Waals surface area contributed by atoms with Gasteiger partial charge in [0.1, 0.15) is 0 Å². The number of aliphatic hydroxyl groups excluding tert-OH is 1. The monoisotopic (exact) mass is 205 g/mol.